The Kier molecular flexibility index (Phi) is 1.86. The van der Waals surface area contributed by atoms with E-state index >= 15 is 0 Å². The Morgan fingerprint density at radius 1 is 1.15 bits per heavy atom. The number of hydrogen-bond acceptors (Lipinski definition) is 2. The Morgan fingerprint density at radius 2 is 1.77 bits per heavy atom. The second kappa shape index (κ2) is 2.79. The molecule has 1 fully saturated rings. The molecule has 2 nitrogen and oxygen atoms in total. The normalized spacial score (nSPS) is 26.7. The molecule has 0 radical (unpaired) electrons. The Hall–Kier alpha value is -0.920. The van der Waals surface area contributed by atoms with Crippen LogP contribution in [0.2, 0.25) is 0 Å². The lowest BCUT2D eigenvalue weighted by Gasteiger charge is -2.32. The first-order valence-electron chi connectivity index (χ1n) is 4.94. The van der Waals surface area contributed by atoms with E-state index in [9.17, 15) is 9.59 Å². The van der Waals surface area contributed by atoms with Crippen LogP contribution < -0.4 is 0 Å². The Bertz CT molecular complexity index is 293. The number of hydrogen-bond donors (Lipinski definition) is 0. The highest BCUT2D eigenvalue weighted by Crippen LogP contribution is 2.46. The van der Waals surface area contributed by atoms with Crippen LogP contribution in [0.3, 0.4) is 0 Å². The second-order valence-corrected chi connectivity index (χ2v) is 4.16. The molecule has 70 valence electrons. The van der Waals surface area contributed by atoms with Gasteiger partial charge < -0.3 is 0 Å². The van der Waals surface area contributed by atoms with E-state index in [1.165, 1.54) is 12.5 Å². The predicted molar refractivity (Wildman–Crippen MR) is 49.3 cm³/mol. The van der Waals surface area contributed by atoms with Gasteiger partial charge in [-0.25, -0.2) is 0 Å². The third-order valence-electron chi connectivity index (χ3n) is 3.47. The third-order valence-corrected chi connectivity index (χ3v) is 3.47. The Balaban J connectivity index is 2.35. The molecule has 2 heteroatoms. The molecule has 0 saturated heterocycles. The molecule has 0 aromatic rings. The van der Waals surface area contributed by atoms with Crippen molar-refractivity contribution in [2.24, 2.45) is 5.41 Å². The molecule has 13 heavy (non-hydrogen) atoms. The minimum absolute atomic E-state index is 0.148. The van der Waals surface area contributed by atoms with Crippen LogP contribution in [0.15, 0.2) is 11.6 Å². The summed E-state index contributed by atoms with van der Waals surface area (Å²) < 4.78 is 0. The fraction of sp³-hybridized carbons (Fsp3) is 0.636. The average molecular weight is 178 g/mol. The molecule has 0 aromatic heterocycles. The molecule has 0 aliphatic heterocycles. The van der Waals surface area contributed by atoms with Gasteiger partial charge in [0.15, 0.2) is 0 Å². The average Bonchev–Trinajstić information content (AvgIpc) is 2.34. The highest BCUT2D eigenvalue weighted by atomic mass is 16.2. The number of carbonyl (C=O) groups excluding carboxylic acids is 2. The highest BCUT2D eigenvalue weighted by Gasteiger charge is 2.47. The van der Waals surface area contributed by atoms with Crippen molar-refractivity contribution in [1.82, 2.24) is 0 Å². The van der Waals surface area contributed by atoms with Crippen LogP contribution in [0, 0.1) is 5.41 Å². The Labute approximate surface area is 78.0 Å². The van der Waals surface area contributed by atoms with Crippen molar-refractivity contribution in [1.29, 1.82) is 0 Å². The van der Waals surface area contributed by atoms with Crippen LogP contribution in [0.5, 0.6) is 0 Å². The number of ketones is 2. The molecule has 0 atom stereocenters. The molecule has 0 amide bonds. The minimum Gasteiger partial charge on any atom is -0.289 e. The van der Waals surface area contributed by atoms with Crippen molar-refractivity contribution < 1.29 is 9.59 Å². The van der Waals surface area contributed by atoms with Gasteiger partial charge in [0.2, 0.25) is 11.6 Å². The molecule has 2 aliphatic carbocycles. The van der Waals surface area contributed by atoms with Gasteiger partial charge in [0, 0.05) is 0 Å². The summed E-state index contributed by atoms with van der Waals surface area (Å²) in [6, 6.07) is 0. The van der Waals surface area contributed by atoms with E-state index in [4.69, 9.17) is 0 Å². The van der Waals surface area contributed by atoms with E-state index < -0.39 is 0 Å². The first-order valence-corrected chi connectivity index (χ1v) is 4.94. The van der Waals surface area contributed by atoms with Crippen molar-refractivity contribution in [3.05, 3.63) is 11.6 Å². The number of Topliss-reactive ketones (excluding diaryl/α,β-unsaturated/α-hetero) is 1. The smallest absolute Gasteiger partial charge is 0.222 e. The van der Waals surface area contributed by atoms with Gasteiger partial charge >= 0.3 is 0 Å². The van der Waals surface area contributed by atoms with Gasteiger partial charge in [-0.1, -0.05) is 24.8 Å². The van der Waals surface area contributed by atoms with E-state index in [0.717, 1.165) is 31.3 Å². The molecular weight excluding hydrogens is 164 g/mol. The summed E-state index contributed by atoms with van der Waals surface area (Å²) in [4.78, 5) is 22.9. The van der Waals surface area contributed by atoms with Gasteiger partial charge in [0.05, 0.1) is 5.41 Å². The lowest BCUT2D eigenvalue weighted by atomic mass is 9.69. The van der Waals surface area contributed by atoms with Crippen molar-refractivity contribution in [2.75, 3.05) is 0 Å². The summed E-state index contributed by atoms with van der Waals surface area (Å²) in [6.07, 6.45) is 6.69. The maximum absolute atomic E-state index is 11.7. The van der Waals surface area contributed by atoms with Crippen molar-refractivity contribution in [2.45, 2.75) is 39.0 Å². The van der Waals surface area contributed by atoms with E-state index in [0.29, 0.717) is 0 Å². The molecule has 0 unspecified atom stereocenters. The quantitative estimate of drug-likeness (QED) is 0.532. The van der Waals surface area contributed by atoms with E-state index in [1.807, 2.05) is 6.92 Å². The summed E-state index contributed by atoms with van der Waals surface area (Å²) in [7, 11) is 0. The molecule has 0 aromatic carbocycles. The largest absolute Gasteiger partial charge is 0.289 e. The van der Waals surface area contributed by atoms with Gasteiger partial charge in [0.1, 0.15) is 0 Å². The number of allylic oxidation sites excluding steroid dienone is 2. The first-order chi connectivity index (χ1) is 6.17. The molecule has 0 heterocycles. The van der Waals surface area contributed by atoms with Gasteiger partial charge in [-0.15, -0.1) is 0 Å². The standard InChI is InChI=1S/C11H14O2/c1-8-7-9(12)10(13)11(8)5-3-2-4-6-11/h7H,2-6H2,1H3. The van der Waals surface area contributed by atoms with E-state index in [-0.39, 0.29) is 17.0 Å². The second-order valence-electron chi connectivity index (χ2n) is 4.16. The fourth-order valence-corrected chi connectivity index (χ4v) is 2.59. The topological polar surface area (TPSA) is 34.1 Å². The van der Waals surface area contributed by atoms with Crippen LogP contribution in [0.25, 0.3) is 0 Å². The third kappa shape index (κ3) is 1.08. The van der Waals surface area contributed by atoms with Crippen LogP contribution in [-0.4, -0.2) is 11.6 Å². The molecule has 0 N–H and O–H groups in total. The van der Waals surface area contributed by atoms with Crippen molar-refractivity contribution in [3.63, 3.8) is 0 Å². The minimum atomic E-state index is -0.366. The van der Waals surface area contributed by atoms with E-state index in [1.54, 1.807) is 0 Å². The predicted octanol–water partition coefficient (Wildman–Crippen LogP) is 2.04. The molecule has 2 rings (SSSR count). The molecule has 1 spiro atoms. The highest BCUT2D eigenvalue weighted by molar-refractivity contribution is 6.46. The van der Waals surface area contributed by atoms with E-state index in [2.05, 4.69) is 0 Å². The summed E-state index contributed by atoms with van der Waals surface area (Å²) in [5.74, 6) is -0.427. The van der Waals surface area contributed by atoms with Gasteiger partial charge in [-0.3, -0.25) is 9.59 Å². The lowest BCUT2D eigenvalue weighted by Crippen LogP contribution is -2.33. The zero-order valence-electron chi connectivity index (χ0n) is 7.93. The van der Waals surface area contributed by atoms with Crippen LogP contribution in [-0.2, 0) is 9.59 Å². The van der Waals surface area contributed by atoms with Gasteiger partial charge in [0.25, 0.3) is 0 Å². The summed E-state index contributed by atoms with van der Waals surface area (Å²) in [5.41, 5.74) is 0.636. The zero-order valence-corrected chi connectivity index (χ0v) is 7.93. The van der Waals surface area contributed by atoms with Gasteiger partial charge in [-0.2, -0.15) is 0 Å². The fourth-order valence-electron chi connectivity index (χ4n) is 2.59. The number of rotatable bonds is 0. The van der Waals surface area contributed by atoms with Crippen LogP contribution in [0.4, 0.5) is 0 Å². The van der Waals surface area contributed by atoms with Crippen molar-refractivity contribution in [3.8, 4) is 0 Å². The summed E-state index contributed by atoms with van der Waals surface area (Å²) in [6.45, 7) is 1.92. The molecule has 1 saturated carbocycles. The van der Waals surface area contributed by atoms with Gasteiger partial charge in [-0.05, 0) is 25.8 Å². The van der Waals surface area contributed by atoms with Crippen LogP contribution in [0.1, 0.15) is 39.0 Å². The summed E-state index contributed by atoms with van der Waals surface area (Å²) >= 11 is 0. The lowest BCUT2D eigenvalue weighted by molar-refractivity contribution is -0.138. The Morgan fingerprint density at radius 3 is 2.23 bits per heavy atom. The maximum atomic E-state index is 11.7. The number of carbonyl (C=O) groups is 2. The first kappa shape index (κ1) is 8.67. The van der Waals surface area contributed by atoms with Crippen LogP contribution >= 0.6 is 0 Å². The molecular formula is C11H14O2. The maximum Gasteiger partial charge on any atom is 0.222 e. The molecule has 0 bridgehead atoms. The summed E-state index contributed by atoms with van der Waals surface area (Å²) in [5, 5.41) is 0. The molecule has 2 aliphatic rings. The zero-order chi connectivity index (χ0) is 9.47. The monoisotopic (exact) mass is 178 g/mol. The van der Waals surface area contributed by atoms with Crippen molar-refractivity contribution >= 4 is 11.6 Å². The SMILES string of the molecule is CC1=CC(=O)C(=O)C12CCCCC2.